The predicted molar refractivity (Wildman–Crippen MR) is 92.0 cm³/mol. The second-order valence-electron chi connectivity index (χ2n) is 5.68. The van der Waals surface area contributed by atoms with E-state index in [4.69, 9.17) is 4.74 Å². The van der Waals surface area contributed by atoms with E-state index in [1.165, 1.54) is 44.1 Å². The highest BCUT2D eigenvalue weighted by molar-refractivity contribution is 5.29. The van der Waals surface area contributed by atoms with Crippen LogP contribution in [-0.4, -0.2) is 13.2 Å². The number of unbranched alkanes of at least 4 members (excludes halogenated alkanes) is 5. The highest BCUT2D eigenvalue weighted by Gasteiger charge is 2.08. The number of ether oxygens (including phenoxy) is 1. The first-order chi connectivity index (χ1) is 10.3. The van der Waals surface area contributed by atoms with E-state index in [0.29, 0.717) is 6.04 Å². The van der Waals surface area contributed by atoms with Crippen LogP contribution in [0.4, 0.5) is 0 Å². The Bertz CT molecular complexity index is 347. The molecular formula is C19H33NO. The Labute approximate surface area is 131 Å². The van der Waals surface area contributed by atoms with E-state index in [2.05, 4.69) is 43.4 Å². The van der Waals surface area contributed by atoms with Crippen LogP contribution in [-0.2, 0) is 0 Å². The molecule has 0 saturated carbocycles. The molecule has 0 aromatic heterocycles. The fourth-order valence-corrected chi connectivity index (χ4v) is 2.64. The fourth-order valence-electron chi connectivity index (χ4n) is 2.64. The second kappa shape index (κ2) is 11.6. The molecule has 0 fully saturated rings. The van der Waals surface area contributed by atoms with Crippen LogP contribution in [0.1, 0.15) is 77.3 Å². The third-order valence-electron chi connectivity index (χ3n) is 3.92. The van der Waals surface area contributed by atoms with Gasteiger partial charge in [-0.2, -0.15) is 0 Å². The summed E-state index contributed by atoms with van der Waals surface area (Å²) in [6.45, 7) is 8.38. The molecule has 0 aliphatic rings. The normalized spacial score (nSPS) is 12.3. The summed E-state index contributed by atoms with van der Waals surface area (Å²) in [5.74, 6) is 0.965. The van der Waals surface area contributed by atoms with Gasteiger partial charge in [0.25, 0.3) is 0 Å². The standard InChI is InChI=1S/C19H33NO/c1-4-7-8-9-10-11-16-20-19(5-2)17-12-14-18(15-13-17)21-6-3/h12-15,19-20H,4-11,16H2,1-3H3. The molecule has 21 heavy (non-hydrogen) atoms. The van der Waals surface area contributed by atoms with Crippen molar-refractivity contribution in [3.05, 3.63) is 29.8 Å². The zero-order valence-electron chi connectivity index (χ0n) is 14.2. The van der Waals surface area contributed by atoms with Crippen molar-refractivity contribution in [3.8, 4) is 5.75 Å². The molecule has 1 aromatic rings. The van der Waals surface area contributed by atoms with E-state index in [0.717, 1.165) is 25.3 Å². The maximum absolute atomic E-state index is 5.50. The Morgan fingerprint density at radius 3 is 2.19 bits per heavy atom. The monoisotopic (exact) mass is 291 g/mol. The molecule has 1 rings (SSSR count). The van der Waals surface area contributed by atoms with E-state index < -0.39 is 0 Å². The van der Waals surface area contributed by atoms with E-state index in [9.17, 15) is 0 Å². The van der Waals surface area contributed by atoms with Crippen molar-refractivity contribution < 1.29 is 4.74 Å². The van der Waals surface area contributed by atoms with Crippen molar-refractivity contribution in [3.63, 3.8) is 0 Å². The van der Waals surface area contributed by atoms with Gasteiger partial charge in [0.15, 0.2) is 0 Å². The van der Waals surface area contributed by atoms with Crippen molar-refractivity contribution in [2.75, 3.05) is 13.2 Å². The highest BCUT2D eigenvalue weighted by atomic mass is 16.5. The van der Waals surface area contributed by atoms with Gasteiger partial charge in [-0.15, -0.1) is 0 Å². The largest absolute Gasteiger partial charge is 0.494 e. The third-order valence-corrected chi connectivity index (χ3v) is 3.92. The molecule has 1 N–H and O–H groups in total. The van der Waals surface area contributed by atoms with Gasteiger partial charge in [0.1, 0.15) is 5.75 Å². The van der Waals surface area contributed by atoms with Crippen molar-refractivity contribution >= 4 is 0 Å². The van der Waals surface area contributed by atoms with Crippen LogP contribution in [0, 0.1) is 0 Å². The molecule has 1 aromatic carbocycles. The summed E-state index contributed by atoms with van der Waals surface area (Å²) in [7, 11) is 0. The lowest BCUT2D eigenvalue weighted by atomic mass is 10.0. The first-order valence-corrected chi connectivity index (χ1v) is 8.77. The van der Waals surface area contributed by atoms with Crippen molar-refractivity contribution in [2.45, 2.75) is 71.8 Å². The van der Waals surface area contributed by atoms with Crippen molar-refractivity contribution in [2.24, 2.45) is 0 Å². The highest BCUT2D eigenvalue weighted by Crippen LogP contribution is 2.20. The molecule has 0 saturated heterocycles. The summed E-state index contributed by atoms with van der Waals surface area (Å²) in [4.78, 5) is 0. The molecule has 0 bridgehead atoms. The maximum atomic E-state index is 5.50. The van der Waals surface area contributed by atoms with E-state index in [-0.39, 0.29) is 0 Å². The summed E-state index contributed by atoms with van der Waals surface area (Å²) < 4.78 is 5.50. The summed E-state index contributed by atoms with van der Waals surface area (Å²) in [6.07, 6.45) is 9.26. The fraction of sp³-hybridized carbons (Fsp3) is 0.684. The second-order valence-corrected chi connectivity index (χ2v) is 5.68. The van der Waals surface area contributed by atoms with Crippen LogP contribution in [0.5, 0.6) is 5.75 Å². The molecule has 120 valence electrons. The molecule has 1 atom stereocenters. The van der Waals surface area contributed by atoms with E-state index in [1.54, 1.807) is 0 Å². The van der Waals surface area contributed by atoms with Gasteiger partial charge in [-0.3, -0.25) is 0 Å². The Balaban J connectivity index is 2.27. The maximum Gasteiger partial charge on any atom is 0.119 e. The zero-order valence-corrected chi connectivity index (χ0v) is 14.2. The molecule has 0 aliphatic heterocycles. The molecule has 0 radical (unpaired) electrons. The van der Waals surface area contributed by atoms with Gasteiger partial charge < -0.3 is 10.1 Å². The summed E-state index contributed by atoms with van der Waals surface area (Å²) in [5.41, 5.74) is 1.37. The molecule has 0 aliphatic carbocycles. The number of nitrogens with one attached hydrogen (secondary N) is 1. The summed E-state index contributed by atoms with van der Waals surface area (Å²) >= 11 is 0. The van der Waals surface area contributed by atoms with Gasteiger partial charge in [-0.25, -0.2) is 0 Å². The molecule has 2 nitrogen and oxygen atoms in total. The molecule has 0 amide bonds. The zero-order chi connectivity index (χ0) is 15.3. The molecular weight excluding hydrogens is 258 g/mol. The minimum Gasteiger partial charge on any atom is -0.494 e. The van der Waals surface area contributed by atoms with Gasteiger partial charge in [-0.1, -0.05) is 58.1 Å². The average molecular weight is 291 g/mol. The lowest BCUT2D eigenvalue weighted by Gasteiger charge is -2.18. The Morgan fingerprint density at radius 1 is 0.905 bits per heavy atom. The topological polar surface area (TPSA) is 21.3 Å². The minimum absolute atomic E-state index is 0.469. The minimum atomic E-state index is 0.469. The Hall–Kier alpha value is -1.02. The molecule has 0 spiro atoms. The van der Waals surface area contributed by atoms with Crippen LogP contribution < -0.4 is 10.1 Å². The number of rotatable bonds is 12. The van der Waals surface area contributed by atoms with Gasteiger partial charge in [0, 0.05) is 6.04 Å². The molecule has 1 unspecified atom stereocenters. The van der Waals surface area contributed by atoms with Gasteiger partial charge >= 0.3 is 0 Å². The molecule has 2 heteroatoms. The van der Waals surface area contributed by atoms with E-state index in [1.807, 2.05) is 6.92 Å². The predicted octanol–water partition coefficient (Wildman–Crippen LogP) is 5.49. The quantitative estimate of drug-likeness (QED) is 0.514. The van der Waals surface area contributed by atoms with Crippen LogP contribution in [0.3, 0.4) is 0 Å². The van der Waals surface area contributed by atoms with Gasteiger partial charge in [-0.05, 0) is 44.0 Å². The SMILES string of the molecule is CCCCCCCCNC(CC)c1ccc(OCC)cc1. The first kappa shape index (κ1) is 18.0. The summed E-state index contributed by atoms with van der Waals surface area (Å²) in [5, 5.41) is 3.69. The first-order valence-electron chi connectivity index (χ1n) is 8.77. The number of hydrogen-bond donors (Lipinski definition) is 1. The lowest BCUT2D eigenvalue weighted by molar-refractivity contribution is 0.340. The van der Waals surface area contributed by atoms with Gasteiger partial charge in [0.2, 0.25) is 0 Å². The van der Waals surface area contributed by atoms with Crippen LogP contribution in [0.15, 0.2) is 24.3 Å². The van der Waals surface area contributed by atoms with Crippen LogP contribution >= 0.6 is 0 Å². The van der Waals surface area contributed by atoms with Crippen LogP contribution in [0.25, 0.3) is 0 Å². The van der Waals surface area contributed by atoms with Crippen molar-refractivity contribution in [1.82, 2.24) is 5.32 Å². The third kappa shape index (κ3) is 7.52. The lowest BCUT2D eigenvalue weighted by Crippen LogP contribution is -2.21. The average Bonchev–Trinajstić information content (AvgIpc) is 2.52. The van der Waals surface area contributed by atoms with Crippen molar-refractivity contribution in [1.29, 1.82) is 0 Å². The van der Waals surface area contributed by atoms with Crippen LogP contribution in [0.2, 0.25) is 0 Å². The Kier molecular flexibility index (Phi) is 9.98. The smallest absolute Gasteiger partial charge is 0.119 e. The van der Waals surface area contributed by atoms with E-state index >= 15 is 0 Å². The number of benzene rings is 1. The van der Waals surface area contributed by atoms with Gasteiger partial charge in [0.05, 0.1) is 6.61 Å². The Morgan fingerprint density at radius 2 is 1.57 bits per heavy atom. The molecule has 0 heterocycles. The summed E-state index contributed by atoms with van der Waals surface area (Å²) in [6, 6.07) is 9.00. The number of hydrogen-bond acceptors (Lipinski definition) is 2.